The van der Waals surface area contributed by atoms with Crippen molar-refractivity contribution in [3.63, 3.8) is 0 Å². The van der Waals surface area contributed by atoms with Crippen LogP contribution in [0.2, 0.25) is 0 Å². The van der Waals surface area contributed by atoms with Crippen molar-refractivity contribution in [1.29, 1.82) is 0 Å². The summed E-state index contributed by atoms with van der Waals surface area (Å²) in [5, 5.41) is 9.05. The lowest BCUT2D eigenvalue weighted by Crippen LogP contribution is -2.07. The number of halogens is 4. The summed E-state index contributed by atoms with van der Waals surface area (Å²) >= 11 is 3.66. The maximum atomic E-state index is 13.0. The molecule has 0 aliphatic heterocycles. The van der Waals surface area contributed by atoms with E-state index < -0.39 is 17.7 Å². The van der Waals surface area contributed by atoms with E-state index in [-0.39, 0.29) is 15.5 Å². The fourth-order valence-corrected chi connectivity index (χ4v) is 2.92. The number of carboxylic acid groups (broad SMARTS) is 1. The molecule has 2 aromatic rings. The van der Waals surface area contributed by atoms with Gasteiger partial charge in [-0.3, -0.25) is 0 Å². The quantitative estimate of drug-likeness (QED) is 0.841. The number of nitrogens with zero attached hydrogens (tertiary/aromatic N) is 1. The van der Waals surface area contributed by atoms with Crippen LogP contribution in [0, 0.1) is 0 Å². The molecule has 0 bridgehead atoms. The molecule has 0 amide bonds. The van der Waals surface area contributed by atoms with Crippen LogP contribution in [0.5, 0.6) is 0 Å². The Bertz CT molecular complexity index is 691. The zero-order valence-electron chi connectivity index (χ0n) is 10.2. The number of rotatable bonds is 3. The monoisotopic (exact) mass is 377 g/mol. The van der Waals surface area contributed by atoms with Crippen LogP contribution in [0.3, 0.4) is 0 Å². The Hall–Kier alpha value is -1.54. The van der Waals surface area contributed by atoms with E-state index in [0.29, 0.717) is 16.2 Å². The van der Waals surface area contributed by atoms with E-state index in [1.165, 1.54) is 30.5 Å². The van der Waals surface area contributed by atoms with Gasteiger partial charge in [-0.05, 0) is 30.3 Å². The summed E-state index contributed by atoms with van der Waals surface area (Å²) in [5.74, 6) is -1.24. The average Bonchev–Trinajstić information content (AvgIpc) is 2.40. The average molecular weight is 378 g/mol. The molecule has 110 valence electrons. The molecule has 8 heteroatoms. The maximum absolute atomic E-state index is 13.0. The van der Waals surface area contributed by atoms with Gasteiger partial charge in [0.2, 0.25) is 0 Å². The van der Waals surface area contributed by atoms with Crippen LogP contribution >= 0.6 is 27.7 Å². The molecule has 0 fully saturated rings. The van der Waals surface area contributed by atoms with Crippen molar-refractivity contribution in [1.82, 2.24) is 4.98 Å². The van der Waals surface area contributed by atoms with E-state index in [0.717, 1.165) is 6.07 Å². The minimum atomic E-state index is -4.54. The molecular weight excluding hydrogens is 371 g/mol. The summed E-state index contributed by atoms with van der Waals surface area (Å²) in [7, 11) is 0. The number of carboxylic acids is 1. The highest BCUT2D eigenvalue weighted by Crippen LogP contribution is 2.40. The number of hydrogen-bond acceptors (Lipinski definition) is 3. The Morgan fingerprint density at radius 2 is 2.00 bits per heavy atom. The lowest BCUT2D eigenvalue weighted by Gasteiger charge is -2.13. The van der Waals surface area contributed by atoms with Crippen molar-refractivity contribution in [3.05, 3.63) is 52.1 Å². The van der Waals surface area contributed by atoms with Gasteiger partial charge < -0.3 is 5.11 Å². The topological polar surface area (TPSA) is 50.2 Å². The van der Waals surface area contributed by atoms with Gasteiger partial charge in [-0.2, -0.15) is 13.2 Å². The van der Waals surface area contributed by atoms with Crippen LogP contribution in [-0.4, -0.2) is 16.1 Å². The molecule has 0 aliphatic rings. The van der Waals surface area contributed by atoms with Crippen LogP contribution in [0.15, 0.2) is 50.9 Å². The Morgan fingerprint density at radius 3 is 2.62 bits per heavy atom. The lowest BCUT2D eigenvalue weighted by atomic mass is 10.2. The van der Waals surface area contributed by atoms with Gasteiger partial charge >= 0.3 is 12.1 Å². The predicted molar refractivity (Wildman–Crippen MR) is 74.5 cm³/mol. The van der Waals surface area contributed by atoms with Crippen LogP contribution < -0.4 is 0 Å². The predicted octanol–water partition coefficient (Wildman–Crippen LogP) is 4.71. The summed E-state index contributed by atoms with van der Waals surface area (Å²) in [5.41, 5.74) is -0.984. The van der Waals surface area contributed by atoms with Crippen molar-refractivity contribution >= 4 is 33.7 Å². The minimum absolute atomic E-state index is 0.0119. The second kappa shape index (κ2) is 6.07. The van der Waals surface area contributed by atoms with Gasteiger partial charge in [-0.1, -0.05) is 27.7 Å². The molecule has 0 aliphatic carbocycles. The SMILES string of the molecule is O=C(O)c1cccnc1Sc1ccc(Br)cc1C(F)(F)F. The van der Waals surface area contributed by atoms with Crippen molar-refractivity contribution in [2.45, 2.75) is 16.1 Å². The molecule has 0 atom stereocenters. The third-order valence-electron chi connectivity index (χ3n) is 2.46. The van der Waals surface area contributed by atoms with Crippen molar-refractivity contribution in [2.75, 3.05) is 0 Å². The van der Waals surface area contributed by atoms with E-state index in [1.54, 1.807) is 0 Å². The fraction of sp³-hybridized carbons (Fsp3) is 0.0769. The first-order valence-corrected chi connectivity index (χ1v) is 7.13. The van der Waals surface area contributed by atoms with Gasteiger partial charge in [0.1, 0.15) is 5.03 Å². The molecule has 21 heavy (non-hydrogen) atoms. The highest BCUT2D eigenvalue weighted by atomic mass is 79.9. The Morgan fingerprint density at radius 1 is 1.29 bits per heavy atom. The first kappa shape index (κ1) is 15.8. The standard InChI is InChI=1S/C13H7BrF3NO2S/c14-7-3-4-10(9(6-7)13(15,16)17)21-11-8(12(19)20)2-1-5-18-11/h1-6H,(H,19,20). The Labute approximate surface area is 130 Å². The van der Waals surface area contributed by atoms with Crippen LogP contribution in [0.4, 0.5) is 13.2 Å². The van der Waals surface area contributed by atoms with Crippen LogP contribution in [0.25, 0.3) is 0 Å². The summed E-state index contributed by atoms with van der Waals surface area (Å²) < 4.78 is 39.3. The Kier molecular flexibility index (Phi) is 4.58. The number of pyridine rings is 1. The number of alkyl halides is 3. The number of aromatic nitrogens is 1. The molecule has 0 radical (unpaired) electrons. The summed E-state index contributed by atoms with van der Waals surface area (Å²) in [6.45, 7) is 0. The Balaban J connectivity index is 2.48. The molecule has 0 unspecified atom stereocenters. The molecule has 2 rings (SSSR count). The molecule has 0 saturated carbocycles. The van der Waals surface area contributed by atoms with E-state index in [1.807, 2.05) is 0 Å². The summed E-state index contributed by atoms with van der Waals surface area (Å²) in [4.78, 5) is 14.8. The van der Waals surface area contributed by atoms with Crippen LogP contribution in [0.1, 0.15) is 15.9 Å². The summed E-state index contributed by atoms with van der Waals surface area (Å²) in [6, 6.07) is 6.40. The van der Waals surface area contributed by atoms with E-state index >= 15 is 0 Å². The molecule has 1 aromatic heterocycles. The van der Waals surface area contributed by atoms with E-state index in [4.69, 9.17) is 5.11 Å². The van der Waals surface area contributed by atoms with Gasteiger partial charge in [-0.25, -0.2) is 9.78 Å². The zero-order valence-corrected chi connectivity index (χ0v) is 12.6. The smallest absolute Gasteiger partial charge is 0.417 e. The second-order valence-corrected chi connectivity index (χ2v) is 5.85. The zero-order chi connectivity index (χ0) is 15.6. The molecule has 0 spiro atoms. The van der Waals surface area contributed by atoms with Crippen molar-refractivity contribution < 1.29 is 23.1 Å². The first-order chi connectivity index (χ1) is 9.79. The molecule has 1 N–H and O–H groups in total. The fourth-order valence-electron chi connectivity index (χ4n) is 1.55. The first-order valence-electron chi connectivity index (χ1n) is 5.52. The third kappa shape index (κ3) is 3.76. The van der Waals surface area contributed by atoms with Gasteiger partial charge in [0.15, 0.2) is 0 Å². The van der Waals surface area contributed by atoms with Gasteiger partial charge in [0.05, 0.1) is 11.1 Å². The summed E-state index contributed by atoms with van der Waals surface area (Å²) in [6.07, 6.45) is -3.20. The molecule has 0 saturated heterocycles. The molecule has 1 heterocycles. The lowest BCUT2D eigenvalue weighted by molar-refractivity contribution is -0.139. The highest BCUT2D eigenvalue weighted by Gasteiger charge is 2.34. The van der Waals surface area contributed by atoms with Crippen molar-refractivity contribution in [3.8, 4) is 0 Å². The van der Waals surface area contributed by atoms with Gasteiger partial charge in [-0.15, -0.1) is 0 Å². The number of aromatic carboxylic acids is 1. The molecule has 1 aromatic carbocycles. The van der Waals surface area contributed by atoms with Gasteiger partial charge in [0, 0.05) is 15.6 Å². The molecular formula is C13H7BrF3NO2S. The second-order valence-electron chi connectivity index (χ2n) is 3.90. The van der Waals surface area contributed by atoms with E-state index in [2.05, 4.69) is 20.9 Å². The third-order valence-corrected chi connectivity index (χ3v) is 4.04. The molecule has 3 nitrogen and oxygen atoms in total. The highest BCUT2D eigenvalue weighted by molar-refractivity contribution is 9.10. The van der Waals surface area contributed by atoms with Crippen molar-refractivity contribution in [2.24, 2.45) is 0 Å². The maximum Gasteiger partial charge on any atom is 0.417 e. The van der Waals surface area contributed by atoms with Gasteiger partial charge in [0.25, 0.3) is 0 Å². The largest absolute Gasteiger partial charge is 0.478 e. The normalized spacial score (nSPS) is 11.4. The number of benzene rings is 1. The van der Waals surface area contributed by atoms with E-state index in [9.17, 15) is 18.0 Å². The number of carbonyl (C=O) groups is 1. The van der Waals surface area contributed by atoms with Crippen LogP contribution in [-0.2, 0) is 6.18 Å². The minimum Gasteiger partial charge on any atom is -0.478 e. The number of hydrogen-bond donors (Lipinski definition) is 1.